The minimum Gasteiger partial charge on any atom is -0.477 e. The van der Waals surface area contributed by atoms with Crippen molar-refractivity contribution < 1.29 is 38.2 Å². The monoisotopic (exact) mass is 815 g/mol. The van der Waals surface area contributed by atoms with E-state index in [2.05, 4.69) is 19.9 Å². The van der Waals surface area contributed by atoms with Crippen LogP contribution < -0.4 is 0 Å². The molecular formula is C50H88NO7+. The van der Waals surface area contributed by atoms with Crippen LogP contribution in [0.15, 0.2) is 60.8 Å². The number of hydrogen-bond donors (Lipinski definition) is 1. The van der Waals surface area contributed by atoms with Gasteiger partial charge in [-0.3, -0.25) is 9.59 Å². The molecule has 0 aromatic rings. The van der Waals surface area contributed by atoms with Gasteiger partial charge in [0.2, 0.25) is 0 Å². The predicted molar refractivity (Wildman–Crippen MR) is 243 cm³/mol. The summed E-state index contributed by atoms with van der Waals surface area (Å²) in [4.78, 5) is 37.0. The van der Waals surface area contributed by atoms with Crippen LogP contribution in [-0.4, -0.2) is 80.6 Å². The van der Waals surface area contributed by atoms with Crippen LogP contribution in [0.1, 0.15) is 187 Å². The molecule has 0 aliphatic rings. The van der Waals surface area contributed by atoms with Gasteiger partial charge in [0.1, 0.15) is 6.61 Å². The van der Waals surface area contributed by atoms with Crippen molar-refractivity contribution in [1.82, 2.24) is 0 Å². The topological polar surface area (TPSA) is 99.1 Å². The summed E-state index contributed by atoms with van der Waals surface area (Å²) in [5, 5.41) is 9.62. The average molecular weight is 815 g/mol. The van der Waals surface area contributed by atoms with Crippen molar-refractivity contribution in [3.05, 3.63) is 60.8 Å². The molecule has 0 saturated carbocycles. The Morgan fingerprint density at radius 1 is 0.534 bits per heavy atom. The minimum absolute atomic E-state index is 0.0383. The molecule has 0 rings (SSSR count). The van der Waals surface area contributed by atoms with Crippen LogP contribution in [0.3, 0.4) is 0 Å². The quantitative estimate of drug-likeness (QED) is 0.0284. The van der Waals surface area contributed by atoms with Gasteiger partial charge in [-0.1, -0.05) is 203 Å². The van der Waals surface area contributed by atoms with Gasteiger partial charge in [0.05, 0.1) is 34.4 Å². The normalized spacial score (nSPS) is 13.5. The summed E-state index contributed by atoms with van der Waals surface area (Å²) in [7, 11) is 5.50. The van der Waals surface area contributed by atoms with E-state index in [0.717, 1.165) is 32.1 Å². The number of quaternary nitrogens is 1. The number of unbranched alkanes of at least 4 members (excludes halogenated alkanes) is 21. The van der Waals surface area contributed by atoms with Crippen molar-refractivity contribution >= 4 is 17.9 Å². The Morgan fingerprint density at radius 2 is 0.966 bits per heavy atom. The van der Waals surface area contributed by atoms with Gasteiger partial charge in [0.25, 0.3) is 0 Å². The highest BCUT2D eigenvalue weighted by molar-refractivity contribution is 5.72. The largest absolute Gasteiger partial charge is 0.477 e. The lowest BCUT2D eigenvalue weighted by Gasteiger charge is -2.31. The lowest BCUT2D eigenvalue weighted by Crippen LogP contribution is -2.50. The number of carboxylic acids is 1. The van der Waals surface area contributed by atoms with Gasteiger partial charge in [-0.25, -0.2) is 4.79 Å². The first-order valence-electron chi connectivity index (χ1n) is 23.4. The second-order valence-electron chi connectivity index (χ2n) is 16.8. The number of aliphatic carboxylic acids is 1. The molecule has 58 heavy (non-hydrogen) atoms. The molecule has 8 nitrogen and oxygen atoms in total. The Balaban J connectivity index is 4.31. The number of rotatable bonds is 41. The number of carbonyl (C=O) groups excluding carboxylic acids is 2. The van der Waals surface area contributed by atoms with Crippen molar-refractivity contribution in [3.63, 3.8) is 0 Å². The Bertz CT molecular complexity index is 1130. The van der Waals surface area contributed by atoms with Crippen LogP contribution in [-0.2, 0) is 28.6 Å². The van der Waals surface area contributed by atoms with E-state index >= 15 is 0 Å². The summed E-state index contributed by atoms with van der Waals surface area (Å²) < 4.78 is 17.2. The van der Waals surface area contributed by atoms with Crippen molar-refractivity contribution in [3.8, 4) is 0 Å². The van der Waals surface area contributed by atoms with E-state index in [0.29, 0.717) is 19.3 Å². The molecule has 0 aromatic carbocycles. The number of esters is 2. The fourth-order valence-electron chi connectivity index (χ4n) is 6.71. The molecule has 0 amide bonds. The fourth-order valence-corrected chi connectivity index (χ4v) is 6.71. The van der Waals surface area contributed by atoms with Crippen molar-refractivity contribution in [2.75, 3.05) is 41.0 Å². The highest BCUT2D eigenvalue weighted by atomic mass is 16.6. The van der Waals surface area contributed by atoms with E-state index in [1.54, 1.807) is 0 Å². The van der Waals surface area contributed by atoms with E-state index < -0.39 is 18.1 Å². The highest BCUT2D eigenvalue weighted by Gasteiger charge is 2.31. The van der Waals surface area contributed by atoms with E-state index in [-0.39, 0.29) is 42.7 Å². The summed E-state index contributed by atoms with van der Waals surface area (Å²) in [5.74, 6) is -1.56. The van der Waals surface area contributed by atoms with Gasteiger partial charge in [-0.05, 0) is 25.7 Å². The lowest BCUT2D eigenvalue weighted by molar-refractivity contribution is -0.887. The van der Waals surface area contributed by atoms with Crippen molar-refractivity contribution in [1.29, 1.82) is 0 Å². The molecule has 0 aromatic heterocycles. The molecule has 8 heteroatoms. The van der Waals surface area contributed by atoms with Crippen molar-refractivity contribution in [2.45, 2.75) is 199 Å². The van der Waals surface area contributed by atoms with Crippen LogP contribution in [0, 0.1) is 0 Å². The third-order valence-corrected chi connectivity index (χ3v) is 10.3. The van der Waals surface area contributed by atoms with E-state index in [4.69, 9.17) is 14.2 Å². The molecule has 2 atom stereocenters. The smallest absolute Gasteiger partial charge is 0.362 e. The lowest BCUT2D eigenvalue weighted by atomic mass is 10.0. The molecule has 0 radical (unpaired) electrons. The molecule has 0 aliphatic carbocycles. The number of hydrogen-bond acceptors (Lipinski definition) is 6. The number of nitrogens with zero attached hydrogens (tertiary/aromatic N) is 1. The van der Waals surface area contributed by atoms with Crippen LogP contribution in [0.4, 0.5) is 0 Å². The minimum atomic E-state index is -0.885. The first kappa shape index (κ1) is 55.0. The number of carboxylic acid groups (broad SMARTS) is 1. The summed E-state index contributed by atoms with van der Waals surface area (Å²) in [6, 6.07) is -0.626. The molecule has 0 aliphatic heterocycles. The molecule has 0 saturated heterocycles. The Hall–Kier alpha value is -2.97. The second-order valence-corrected chi connectivity index (χ2v) is 16.8. The van der Waals surface area contributed by atoms with Gasteiger partial charge in [-0.15, -0.1) is 0 Å². The number of ether oxygens (including phenoxy) is 3. The first-order chi connectivity index (χ1) is 28.1. The van der Waals surface area contributed by atoms with Gasteiger partial charge in [-0.2, -0.15) is 0 Å². The maximum absolute atomic E-state index is 12.7. The van der Waals surface area contributed by atoms with Gasteiger partial charge in [0, 0.05) is 19.3 Å². The fraction of sp³-hybridized carbons (Fsp3) is 0.740. The summed E-state index contributed by atoms with van der Waals surface area (Å²) in [6.45, 7) is 4.53. The van der Waals surface area contributed by atoms with E-state index in [9.17, 15) is 19.5 Å². The highest BCUT2D eigenvalue weighted by Crippen LogP contribution is 2.16. The zero-order valence-electron chi connectivity index (χ0n) is 38.0. The third-order valence-electron chi connectivity index (χ3n) is 10.3. The standard InChI is InChI=1S/C50H87NO7/c1-6-8-10-12-14-16-18-20-21-22-23-24-25-26-27-29-31-33-35-37-39-41-49(53)58-46(44-56-43-42-47(50(54)55)51(3,4)5)45-57-48(52)40-38-36-34-32-30-28-19-17-15-13-11-9-7-2/h9,11,13,15,17,19,28,30,32,34,46-47H,6-8,10,12,14,16,18,20-27,29,31,33,35-45H2,1-5H3/p+1/b11-9+,15-13+,19-17+,30-28+,34-32+. The SMILES string of the molecule is CC/C=C/C=C/C=C/C=C/C=C/CCCC(=O)OCC(COCCC(C(=O)O)[N+](C)(C)C)OC(=O)CCCCCCCCCCCCCCCCCCCCCCC. The summed E-state index contributed by atoms with van der Waals surface area (Å²) >= 11 is 0. The average Bonchev–Trinajstić information content (AvgIpc) is 3.18. The molecule has 1 N–H and O–H groups in total. The maximum atomic E-state index is 12.7. The number of allylic oxidation sites excluding steroid dienone is 10. The molecule has 0 heterocycles. The van der Waals surface area contributed by atoms with Gasteiger partial charge >= 0.3 is 17.9 Å². The molecule has 2 unspecified atom stereocenters. The van der Waals surface area contributed by atoms with Gasteiger partial charge in [0.15, 0.2) is 12.1 Å². The van der Waals surface area contributed by atoms with E-state index in [1.165, 1.54) is 116 Å². The molecule has 0 spiro atoms. The molecule has 334 valence electrons. The van der Waals surface area contributed by atoms with Crippen molar-refractivity contribution in [2.24, 2.45) is 0 Å². The first-order valence-corrected chi connectivity index (χ1v) is 23.4. The zero-order chi connectivity index (χ0) is 42.8. The Labute approximate surface area is 356 Å². The Morgan fingerprint density at radius 3 is 1.41 bits per heavy atom. The number of carbonyl (C=O) groups is 3. The van der Waals surface area contributed by atoms with Crippen LogP contribution in [0.25, 0.3) is 0 Å². The third kappa shape index (κ3) is 38.5. The Kier molecular flexibility index (Phi) is 38.7. The van der Waals surface area contributed by atoms with E-state index in [1.807, 2.05) is 75.8 Å². The zero-order valence-corrected chi connectivity index (χ0v) is 38.0. The second kappa shape index (κ2) is 40.8. The summed E-state index contributed by atoms with van der Waals surface area (Å²) in [5.41, 5.74) is 0. The maximum Gasteiger partial charge on any atom is 0.362 e. The predicted octanol–water partition coefficient (Wildman–Crippen LogP) is 13.0. The van der Waals surface area contributed by atoms with Crippen LogP contribution in [0.5, 0.6) is 0 Å². The summed E-state index contributed by atoms with van der Waals surface area (Å²) in [6.07, 6.45) is 50.0. The molecule has 0 fully saturated rings. The molecule has 0 bridgehead atoms. The van der Waals surface area contributed by atoms with Crippen LogP contribution >= 0.6 is 0 Å². The number of likely N-dealkylation sites (N-methyl/N-ethyl adjacent to an activating group) is 1. The molecular weight excluding hydrogens is 727 g/mol. The van der Waals surface area contributed by atoms with Gasteiger partial charge < -0.3 is 23.8 Å². The van der Waals surface area contributed by atoms with Crippen LogP contribution in [0.2, 0.25) is 0 Å².